The lowest BCUT2D eigenvalue weighted by atomic mass is 10.0. The Labute approximate surface area is 88.7 Å². The first-order valence-electron chi connectivity index (χ1n) is 5.52. The van der Waals surface area contributed by atoms with Crippen LogP contribution in [-0.2, 0) is 12.8 Å². The molecule has 0 amide bonds. The van der Waals surface area contributed by atoms with E-state index >= 15 is 0 Å². The SMILES string of the molecule is CCCCN=c1oc2c(s1)CCCC2. The topological polar surface area (TPSA) is 25.5 Å². The van der Waals surface area contributed by atoms with Crippen LogP contribution in [-0.4, -0.2) is 6.54 Å². The van der Waals surface area contributed by atoms with Crippen molar-refractivity contribution in [3.63, 3.8) is 0 Å². The molecule has 0 saturated heterocycles. The molecule has 2 nitrogen and oxygen atoms in total. The third-order valence-electron chi connectivity index (χ3n) is 2.54. The molecule has 3 heteroatoms. The molecule has 0 radical (unpaired) electrons. The smallest absolute Gasteiger partial charge is 0.273 e. The summed E-state index contributed by atoms with van der Waals surface area (Å²) in [5, 5.41) is 0. The predicted molar refractivity (Wildman–Crippen MR) is 58.6 cm³/mol. The van der Waals surface area contributed by atoms with E-state index < -0.39 is 0 Å². The standard InChI is InChI=1S/C11H17NOS/c1-2-3-8-12-11-13-9-6-4-5-7-10(9)14-11/h2-8H2,1H3. The molecule has 0 unspecified atom stereocenters. The van der Waals surface area contributed by atoms with E-state index in [0.717, 1.165) is 24.3 Å². The molecule has 0 aliphatic heterocycles. The molecule has 78 valence electrons. The lowest BCUT2D eigenvalue weighted by Crippen LogP contribution is -1.97. The zero-order chi connectivity index (χ0) is 9.80. The number of unbranched alkanes of at least 4 members (excludes halogenated alkanes) is 1. The summed E-state index contributed by atoms with van der Waals surface area (Å²) in [6.45, 7) is 3.10. The van der Waals surface area contributed by atoms with Crippen LogP contribution in [0.15, 0.2) is 9.41 Å². The molecule has 1 aromatic rings. The molecule has 0 N–H and O–H groups in total. The quantitative estimate of drug-likeness (QED) is 0.706. The van der Waals surface area contributed by atoms with Crippen LogP contribution in [0.1, 0.15) is 43.2 Å². The Morgan fingerprint density at radius 3 is 3.00 bits per heavy atom. The summed E-state index contributed by atoms with van der Waals surface area (Å²) in [4.78, 5) is 6.78. The largest absolute Gasteiger partial charge is 0.435 e. The van der Waals surface area contributed by atoms with Gasteiger partial charge in [-0.3, -0.25) is 0 Å². The zero-order valence-electron chi connectivity index (χ0n) is 8.71. The fourth-order valence-electron chi connectivity index (χ4n) is 1.69. The van der Waals surface area contributed by atoms with Crippen molar-refractivity contribution in [1.29, 1.82) is 0 Å². The molecule has 1 aliphatic rings. The van der Waals surface area contributed by atoms with Crippen LogP contribution in [0.3, 0.4) is 0 Å². The van der Waals surface area contributed by atoms with Gasteiger partial charge in [0.1, 0.15) is 5.76 Å². The zero-order valence-corrected chi connectivity index (χ0v) is 9.53. The van der Waals surface area contributed by atoms with Crippen molar-refractivity contribution in [3.8, 4) is 0 Å². The first-order chi connectivity index (χ1) is 6.90. The van der Waals surface area contributed by atoms with E-state index in [-0.39, 0.29) is 0 Å². The van der Waals surface area contributed by atoms with E-state index in [1.54, 1.807) is 11.3 Å². The van der Waals surface area contributed by atoms with Gasteiger partial charge in [0.25, 0.3) is 4.87 Å². The van der Waals surface area contributed by atoms with Gasteiger partial charge in [-0.1, -0.05) is 24.7 Å². The Morgan fingerprint density at radius 2 is 2.21 bits per heavy atom. The summed E-state index contributed by atoms with van der Waals surface area (Å²) in [5.41, 5.74) is 0. The number of fused-ring (bicyclic) bond motifs is 1. The Morgan fingerprint density at radius 1 is 1.36 bits per heavy atom. The molecule has 0 atom stereocenters. The maximum Gasteiger partial charge on any atom is 0.273 e. The van der Waals surface area contributed by atoms with Gasteiger partial charge in [-0.2, -0.15) is 0 Å². The highest BCUT2D eigenvalue weighted by Crippen LogP contribution is 2.22. The van der Waals surface area contributed by atoms with Gasteiger partial charge >= 0.3 is 0 Å². The molecule has 14 heavy (non-hydrogen) atoms. The second kappa shape index (κ2) is 4.78. The molecule has 1 aliphatic carbocycles. The second-order valence-electron chi connectivity index (χ2n) is 3.76. The van der Waals surface area contributed by atoms with Crippen LogP contribution < -0.4 is 4.87 Å². The van der Waals surface area contributed by atoms with Crippen molar-refractivity contribution < 1.29 is 4.42 Å². The van der Waals surface area contributed by atoms with Gasteiger partial charge in [0.15, 0.2) is 0 Å². The van der Waals surface area contributed by atoms with Crippen LogP contribution in [0.5, 0.6) is 0 Å². The first-order valence-corrected chi connectivity index (χ1v) is 6.34. The van der Waals surface area contributed by atoms with Crippen LogP contribution in [0.4, 0.5) is 0 Å². The lowest BCUT2D eigenvalue weighted by molar-refractivity contribution is 0.442. The minimum Gasteiger partial charge on any atom is -0.435 e. The molecular weight excluding hydrogens is 194 g/mol. The summed E-state index contributed by atoms with van der Waals surface area (Å²) in [6, 6.07) is 0. The van der Waals surface area contributed by atoms with Gasteiger partial charge in [0, 0.05) is 17.8 Å². The van der Waals surface area contributed by atoms with Crippen LogP contribution >= 0.6 is 11.3 Å². The maximum atomic E-state index is 5.70. The van der Waals surface area contributed by atoms with E-state index in [9.17, 15) is 0 Å². The number of nitrogens with zero attached hydrogens (tertiary/aromatic N) is 1. The molecule has 0 aromatic carbocycles. The Hall–Kier alpha value is -0.570. The van der Waals surface area contributed by atoms with E-state index in [2.05, 4.69) is 11.9 Å². The van der Waals surface area contributed by atoms with E-state index in [4.69, 9.17) is 4.42 Å². The van der Waals surface area contributed by atoms with Crippen molar-refractivity contribution >= 4 is 11.3 Å². The van der Waals surface area contributed by atoms with Gasteiger partial charge in [-0.25, -0.2) is 4.99 Å². The van der Waals surface area contributed by atoms with Crippen molar-refractivity contribution in [1.82, 2.24) is 0 Å². The summed E-state index contributed by atoms with van der Waals surface area (Å²) in [7, 11) is 0. The molecule has 0 fully saturated rings. The predicted octanol–water partition coefficient (Wildman–Crippen LogP) is 2.92. The fourth-order valence-corrected chi connectivity index (χ4v) is 2.70. The van der Waals surface area contributed by atoms with Crippen molar-refractivity contribution in [2.24, 2.45) is 4.99 Å². The third kappa shape index (κ3) is 2.27. The number of hydrogen-bond donors (Lipinski definition) is 0. The summed E-state index contributed by atoms with van der Waals surface area (Å²) >= 11 is 1.75. The van der Waals surface area contributed by atoms with Crippen LogP contribution in [0.2, 0.25) is 0 Å². The minimum absolute atomic E-state index is 0.894. The summed E-state index contributed by atoms with van der Waals surface area (Å²) in [5.74, 6) is 1.21. The first kappa shape index (κ1) is 9.97. The Balaban J connectivity index is 2.11. The fraction of sp³-hybridized carbons (Fsp3) is 0.727. The average molecular weight is 211 g/mol. The monoisotopic (exact) mass is 211 g/mol. The number of rotatable bonds is 3. The maximum absolute atomic E-state index is 5.70. The molecule has 0 spiro atoms. The highest BCUT2D eigenvalue weighted by atomic mass is 32.1. The Bertz CT molecular complexity index is 324. The van der Waals surface area contributed by atoms with Gasteiger partial charge in [0.2, 0.25) is 0 Å². The van der Waals surface area contributed by atoms with E-state index in [0.29, 0.717) is 0 Å². The highest BCUT2D eigenvalue weighted by molar-refractivity contribution is 7.09. The van der Waals surface area contributed by atoms with E-state index in [1.165, 1.54) is 36.3 Å². The minimum atomic E-state index is 0.894. The molecule has 1 aromatic heterocycles. The van der Waals surface area contributed by atoms with E-state index in [1.807, 2.05) is 0 Å². The second-order valence-corrected chi connectivity index (χ2v) is 4.80. The molecular formula is C11H17NOS. The van der Waals surface area contributed by atoms with Gasteiger partial charge < -0.3 is 4.42 Å². The van der Waals surface area contributed by atoms with Crippen molar-refractivity contribution in [2.45, 2.75) is 45.4 Å². The molecule has 0 bridgehead atoms. The molecule has 0 saturated carbocycles. The van der Waals surface area contributed by atoms with Crippen molar-refractivity contribution in [2.75, 3.05) is 6.54 Å². The van der Waals surface area contributed by atoms with Gasteiger partial charge in [-0.15, -0.1) is 0 Å². The number of aryl methyl sites for hydroxylation is 2. The van der Waals surface area contributed by atoms with Gasteiger partial charge in [0.05, 0.1) is 0 Å². The van der Waals surface area contributed by atoms with Crippen LogP contribution in [0, 0.1) is 0 Å². The van der Waals surface area contributed by atoms with Gasteiger partial charge in [-0.05, 0) is 25.7 Å². The third-order valence-corrected chi connectivity index (χ3v) is 3.61. The Kier molecular flexibility index (Phi) is 3.40. The summed E-state index contributed by atoms with van der Waals surface area (Å²) in [6.07, 6.45) is 7.29. The molecule has 2 rings (SSSR count). The average Bonchev–Trinajstić information content (AvgIpc) is 2.60. The molecule has 1 heterocycles. The number of hydrogen-bond acceptors (Lipinski definition) is 3. The van der Waals surface area contributed by atoms with Crippen molar-refractivity contribution in [3.05, 3.63) is 15.5 Å². The highest BCUT2D eigenvalue weighted by Gasteiger charge is 2.13. The normalized spacial score (nSPS) is 17.1. The van der Waals surface area contributed by atoms with Crippen LogP contribution in [0.25, 0.3) is 0 Å². The lowest BCUT2D eigenvalue weighted by Gasteiger charge is -2.05. The summed E-state index contributed by atoms with van der Waals surface area (Å²) < 4.78 is 5.70.